The molecule has 0 spiro atoms. The molecule has 1 saturated heterocycles. The molecule has 1 aliphatic carbocycles. The quantitative estimate of drug-likeness (QED) is 0.915. The Bertz CT molecular complexity index is 721. The van der Waals surface area contributed by atoms with Crippen molar-refractivity contribution in [3.05, 3.63) is 59.2 Å². The summed E-state index contributed by atoms with van der Waals surface area (Å²) in [5.41, 5.74) is 2.57. The number of carbonyl (C=O) groups is 1. The highest BCUT2D eigenvalue weighted by Gasteiger charge is 2.38. The van der Waals surface area contributed by atoms with Gasteiger partial charge in [0.05, 0.1) is 17.7 Å². The molecule has 4 nitrogen and oxygen atoms in total. The van der Waals surface area contributed by atoms with Crippen LogP contribution in [0.4, 0.5) is 4.39 Å². The van der Waals surface area contributed by atoms with Crippen LogP contribution in [0.5, 0.6) is 0 Å². The summed E-state index contributed by atoms with van der Waals surface area (Å²) in [7, 11) is 0. The lowest BCUT2D eigenvalue weighted by Gasteiger charge is -2.25. The van der Waals surface area contributed by atoms with Crippen molar-refractivity contribution >= 4 is 5.91 Å². The van der Waals surface area contributed by atoms with Crippen molar-refractivity contribution in [3.8, 4) is 0 Å². The molecule has 1 aliphatic heterocycles. The normalized spacial score (nSPS) is 24.2. The Morgan fingerprint density at radius 2 is 1.96 bits per heavy atom. The molecule has 120 valence electrons. The minimum Gasteiger partial charge on any atom is -0.391 e. The second kappa shape index (κ2) is 5.49. The number of benzene rings is 1. The number of aromatic nitrogens is 1. The van der Waals surface area contributed by atoms with Crippen molar-refractivity contribution in [2.75, 3.05) is 6.54 Å². The smallest absolute Gasteiger partial charge is 0.256 e. The Hall–Kier alpha value is -2.14. The van der Waals surface area contributed by atoms with Gasteiger partial charge in [-0.15, -0.1) is 0 Å². The van der Waals surface area contributed by atoms with E-state index in [0.29, 0.717) is 24.4 Å². The van der Waals surface area contributed by atoms with Crippen LogP contribution in [0.15, 0.2) is 36.5 Å². The highest BCUT2D eigenvalue weighted by molar-refractivity contribution is 5.96. The predicted octanol–water partition coefficient (Wildman–Crippen LogP) is 2.98. The summed E-state index contributed by atoms with van der Waals surface area (Å²) in [6, 6.07) is 7.79. The number of amides is 1. The molecular weight excluding hydrogens is 295 g/mol. The van der Waals surface area contributed by atoms with Gasteiger partial charge in [-0.1, -0.05) is 12.1 Å². The molecule has 2 fully saturated rings. The van der Waals surface area contributed by atoms with Gasteiger partial charge in [-0.25, -0.2) is 4.39 Å². The van der Waals surface area contributed by atoms with Crippen LogP contribution >= 0.6 is 0 Å². The Morgan fingerprint density at radius 1 is 1.22 bits per heavy atom. The third-order valence-electron chi connectivity index (χ3n) is 4.79. The summed E-state index contributed by atoms with van der Waals surface area (Å²) in [5, 5.41) is 10.0. The van der Waals surface area contributed by atoms with Crippen LogP contribution < -0.4 is 0 Å². The lowest BCUT2D eigenvalue weighted by Crippen LogP contribution is -2.32. The van der Waals surface area contributed by atoms with Crippen LogP contribution in [-0.4, -0.2) is 33.5 Å². The number of rotatable bonds is 3. The molecule has 1 saturated carbocycles. The SMILES string of the molecule is O=C(c1cc[nH]c1C1CC1)N1C[C@@H](O)C[C@@H]1c1ccc(F)cc1. The van der Waals surface area contributed by atoms with Gasteiger partial charge in [-0.05, 0) is 48.9 Å². The van der Waals surface area contributed by atoms with E-state index < -0.39 is 6.10 Å². The second-order valence-electron chi connectivity index (χ2n) is 6.49. The molecule has 4 rings (SSSR count). The zero-order chi connectivity index (χ0) is 16.0. The number of carbonyl (C=O) groups excluding carboxylic acids is 1. The maximum atomic E-state index is 13.1. The van der Waals surface area contributed by atoms with E-state index >= 15 is 0 Å². The third-order valence-corrected chi connectivity index (χ3v) is 4.79. The van der Waals surface area contributed by atoms with Crippen LogP contribution in [0.25, 0.3) is 0 Å². The van der Waals surface area contributed by atoms with Crippen LogP contribution in [-0.2, 0) is 0 Å². The number of halogens is 1. The van der Waals surface area contributed by atoms with Crippen molar-refractivity contribution in [1.82, 2.24) is 9.88 Å². The minimum absolute atomic E-state index is 0.0565. The molecule has 0 unspecified atom stereocenters. The van der Waals surface area contributed by atoms with Crippen molar-refractivity contribution in [1.29, 1.82) is 0 Å². The molecule has 2 aliphatic rings. The van der Waals surface area contributed by atoms with E-state index in [9.17, 15) is 14.3 Å². The minimum atomic E-state index is -0.544. The average molecular weight is 314 g/mol. The Labute approximate surface area is 133 Å². The number of aliphatic hydroxyl groups excluding tert-OH is 1. The molecule has 2 atom stereocenters. The standard InChI is InChI=1S/C18H19FN2O2/c19-13-5-3-11(4-6-13)16-9-14(22)10-21(16)18(23)15-7-8-20-17(15)12-1-2-12/h3-8,12,14,16,20,22H,1-2,9-10H2/t14-,16+/m0/s1. The maximum Gasteiger partial charge on any atom is 0.256 e. The fourth-order valence-electron chi connectivity index (χ4n) is 3.47. The van der Waals surface area contributed by atoms with Gasteiger partial charge in [-0.3, -0.25) is 4.79 Å². The van der Waals surface area contributed by atoms with E-state index in [1.165, 1.54) is 12.1 Å². The molecule has 1 amide bonds. The van der Waals surface area contributed by atoms with E-state index in [1.807, 2.05) is 6.07 Å². The van der Waals surface area contributed by atoms with Gasteiger partial charge in [0.1, 0.15) is 5.82 Å². The summed E-state index contributed by atoms with van der Waals surface area (Å²) in [6.07, 6.45) is 3.98. The van der Waals surface area contributed by atoms with Crippen molar-refractivity contribution in [3.63, 3.8) is 0 Å². The van der Waals surface area contributed by atoms with Gasteiger partial charge < -0.3 is 15.0 Å². The topological polar surface area (TPSA) is 56.3 Å². The zero-order valence-corrected chi connectivity index (χ0v) is 12.7. The van der Waals surface area contributed by atoms with Crippen molar-refractivity contribution in [2.24, 2.45) is 0 Å². The Kier molecular flexibility index (Phi) is 3.45. The van der Waals surface area contributed by atoms with Gasteiger partial charge >= 0.3 is 0 Å². The van der Waals surface area contributed by atoms with Crippen LogP contribution in [0.3, 0.4) is 0 Å². The summed E-state index contributed by atoms with van der Waals surface area (Å²) >= 11 is 0. The maximum absolute atomic E-state index is 13.1. The number of aliphatic hydroxyl groups is 1. The lowest BCUT2D eigenvalue weighted by atomic mass is 10.0. The molecule has 0 radical (unpaired) electrons. The zero-order valence-electron chi connectivity index (χ0n) is 12.7. The first-order chi connectivity index (χ1) is 11.1. The molecule has 2 aromatic rings. The van der Waals surface area contributed by atoms with E-state index in [1.54, 1.807) is 23.2 Å². The lowest BCUT2D eigenvalue weighted by molar-refractivity contribution is 0.0715. The van der Waals surface area contributed by atoms with Crippen LogP contribution in [0.1, 0.15) is 52.8 Å². The predicted molar refractivity (Wildman–Crippen MR) is 83.6 cm³/mol. The molecule has 2 N–H and O–H groups in total. The number of nitrogens with one attached hydrogen (secondary N) is 1. The van der Waals surface area contributed by atoms with Gasteiger partial charge in [-0.2, -0.15) is 0 Å². The van der Waals surface area contributed by atoms with Crippen LogP contribution in [0, 0.1) is 5.82 Å². The molecule has 1 aromatic heterocycles. The number of hydrogen-bond donors (Lipinski definition) is 2. The number of likely N-dealkylation sites (tertiary alicyclic amines) is 1. The average Bonchev–Trinajstić information content (AvgIpc) is 3.14. The first-order valence-electron chi connectivity index (χ1n) is 8.05. The van der Waals surface area contributed by atoms with Gasteiger partial charge in [0, 0.05) is 18.4 Å². The monoisotopic (exact) mass is 314 g/mol. The van der Waals surface area contributed by atoms with Gasteiger partial charge in [0.25, 0.3) is 5.91 Å². The summed E-state index contributed by atoms with van der Waals surface area (Å²) in [4.78, 5) is 17.9. The van der Waals surface area contributed by atoms with E-state index in [2.05, 4.69) is 4.98 Å². The van der Waals surface area contributed by atoms with E-state index in [4.69, 9.17) is 0 Å². The van der Waals surface area contributed by atoms with E-state index in [-0.39, 0.29) is 17.8 Å². The molecular formula is C18H19FN2O2. The number of nitrogens with zero attached hydrogens (tertiary/aromatic N) is 1. The Balaban J connectivity index is 1.64. The summed E-state index contributed by atoms with van der Waals surface area (Å²) < 4.78 is 13.1. The number of aromatic amines is 1. The molecule has 23 heavy (non-hydrogen) atoms. The Morgan fingerprint density at radius 3 is 2.65 bits per heavy atom. The molecule has 2 heterocycles. The molecule has 0 bridgehead atoms. The molecule has 1 aromatic carbocycles. The number of β-amino-alcohol motifs (C(OH)–C–C–N with tert-alkyl or cyclic N) is 1. The van der Waals surface area contributed by atoms with Crippen molar-refractivity contribution < 1.29 is 14.3 Å². The second-order valence-corrected chi connectivity index (χ2v) is 6.49. The fourth-order valence-corrected chi connectivity index (χ4v) is 3.47. The largest absolute Gasteiger partial charge is 0.391 e. The van der Waals surface area contributed by atoms with Gasteiger partial charge in [0.15, 0.2) is 0 Å². The van der Waals surface area contributed by atoms with E-state index in [0.717, 1.165) is 24.1 Å². The fraction of sp³-hybridized carbons (Fsp3) is 0.389. The number of H-pyrrole nitrogens is 1. The first-order valence-corrected chi connectivity index (χ1v) is 8.05. The van der Waals surface area contributed by atoms with Gasteiger partial charge in [0.2, 0.25) is 0 Å². The highest BCUT2D eigenvalue weighted by atomic mass is 19.1. The summed E-state index contributed by atoms with van der Waals surface area (Å²) in [6.45, 7) is 0.316. The van der Waals surface area contributed by atoms with Crippen LogP contribution in [0.2, 0.25) is 0 Å². The summed E-state index contributed by atoms with van der Waals surface area (Å²) in [5.74, 6) is 0.103. The van der Waals surface area contributed by atoms with Crippen molar-refractivity contribution in [2.45, 2.75) is 37.3 Å². The highest BCUT2D eigenvalue weighted by Crippen LogP contribution is 2.42. The number of hydrogen-bond acceptors (Lipinski definition) is 2. The first kappa shape index (κ1) is 14.5. The molecule has 5 heteroatoms. The third kappa shape index (κ3) is 2.65.